The molecule has 0 heterocycles. The minimum Gasteiger partial charge on any atom is -0.311 e. The average molecular weight is 348 g/mol. The fourth-order valence-electron chi connectivity index (χ4n) is 2.30. The molecule has 0 saturated heterocycles. The Morgan fingerprint density at radius 3 is 1.73 bits per heavy atom. The first kappa shape index (κ1) is 23.2. The van der Waals surface area contributed by atoms with Crippen molar-refractivity contribution in [1.82, 2.24) is 4.90 Å². The molecule has 0 radical (unpaired) electrons. The van der Waals surface area contributed by atoms with E-state index in [9.17, 15) is 0 Å². The molecule has 0 unspecified atom stereocenters. The van der Waals surface area contributed by atoms with Crippen LogP contribution in [0, 0.1) is 0 Å². The van der Waals surface area contributed by atoms with Gasteiger partial charge in [-0.05, 0) is 70.1 Å². The molecule has 0 spiro atoms. The Bertz CT molecular complexity index is 700. The van der Waals surface area contributed by atoms with Crippen LogP contribution in [0.4, 0.5) is 0 Å². The van der Waals surface area contributed by atoms with Crippen molar-refractivity contribution in [2.45, 2.75) is 34.6 Å². The SMILES string of the molecule is C=C/C=C\C=C(/C=C)N(C(/C=C(/C)C=C)=C/C)C(/C=C(C)\C=C/C)=C/C. The maximum atomic E-state index is 4.01. The van der Waals surface area contributed by atoms with Gasteiger partial charge < -0.3 is 4.90 Å². The molecule has 26 heavy (non-hydrogen) atoms. The summed E-state index contributed by atoms with van der Waals surface area (Å²) in [5, 5.41) is 0. The number of allylic oxidation sites excluding steroid dienone is 14. The molecule has 0 aromatic rings. The zero-order valence-corrected chi connectivity index (χ0v) is 17.0. The largest absolute Gasteiger partial charge is 0.311 e. The fourth-order valence-corrected chi connectivity index (χ4v) is 2.30. The van der Waals surface area contributed by atoms with E-state index in [-0.39, 0.29) is 0 Å². The Morgan fingerprint density at radius 1 is 0.731 bits per heavy atom. The normalized spacial score (nSPS) is 14.9. The summed E-state index contributed by atoms with van der Waals surface area (Å²) in [6, 6.07) is 0. The fraction of sp³-hybridized carbons (Fsp3) is 0.200. The van der Waals surface area contributed by atoms with Crippen molar-refractivity contribution in [2.75, 3.05) is 0 Å². The maximum absolute atomic E-state index is 4.01. The van der Waals surface area contributed by atoms with Crippen LogP contribution in [-0.4, -0.2) is 4.90 Å². The number of hydrogen-bond acceptors (Lipinski definition) is 1. The van der Waals surface area contributed by atoms with Gasteiger partial charge >= 0.3 is 0 Å². The van der Waals surface area contributed by atoms with Crippen LogP contribution < -0.4 is 0 Å². The Labute approximate surface area is 160 Å². The van der Waals surface area contributed by atoms with Crippen molar-refractivity contribution >= 4 is 0 Å². The zero-order chi connectivity index (χ0) is 19.9. The van der Waals surface area contributed by atoms with Gasteiger partial charge in [0, 0.05) is 17.1 Å². The first-order valence-corrected chi connectivity index (χ1v) is 8.85. The molecule has 0 saturated carbocycles. The Balaban J connectivity index is 6.50. The summed E-state index contributed by atoms with van der Waals surface area (Å²) < 4.78 is 0. The summed E-state index contributed by atoms with van der Waals surface area (Å²) in [7, 11) is 0. The third-order valence-corrected chi connectivity index (χ3v) is 3.59. The molecule has 0 aliphatic heterocycles. The standard InChI is InChI=1S/C25H33N/c1-9-15-16-18-23(12-4)26(24(13-5)19-21(7)11-3)25(14-6)20-22(8)17-10-2/h9-20H,1,3-4H2,2,5-8H3/b16-15-,17-10-,21-19-,22-20-,23-18+,24-13+,25-14+. The topological polar surface area (TPSA) is 3.24 Å². The minimum atomic E-state index is 0.974. The van der Waals surface area contributed by atoms with Crippen LogP contribution in [0.2, 0.25) is 0 Å². The first-order valence-electron chi connectivity index (χ1n) is 8.85. The first-order chi connectivity index (χ1) is 12.5. The van der Waals surface area contributed by atoms with Gasteiger partial charge in [-0.15, -0.1) is 0 Å². The van der Waals surface area contributed by atoms with Crippen molar-refractivity contribution in [3.05, 3.63) is 121 Å². The summed E-state index contributed by atoms with van der Waals surface area (Å²) in [6.07, 6.45) is 24.0. The highest BCUT2D eigenvalue weighted by Crippen LogP contribution is 2.25. The van der Waals surface area contributed by atoms with E-state index >= 15 is 0 Å². The summed E-state index contributed by atoms with van der Waals surface area (Å²) in [5.74, 6) is 0. The van der Waals surface area contributed by atoms with Gasteiger partial charge in [-0.1, -0.05) is 68.3 Å². The lowest BCUT2D eigenvalue weighted by molar-refractivity contribution is 0.574. The second-order valence-corrected chi connectivity index (χ2v) is 5.66. The maximum Gasteiger partial charge on any atom is 0.0455 e. The molecule has 0 aromatic heterocycles. The molecule has 0 N–H and O–H groups in total. The second-order valence-electron chi connectivity index (χ2n) is 5.66. The van der Waals surface area contributed by atoms with Gasteiger partial charge in [0.2, 0.25) is 0 Å². The molecular formula is C25H33N. The Hall–Kier alpha value is -2.80. The molecule has 0 aromatic carbocycles. The van der Waals surface area contributed by atoms with E-state index in [4.69, 9.17) is 0 Å². The van der Waals surface area contributed by atoms with Gasteiger partial charge in [-0.25, -0.2) is 0 Å². The molecule has 138 valence electrons. The Morgan fingerprint density at radius 2 is 1.31 bits per heavy atom. The van der Waals surface area contributed by atoms with Crippen LogP contribution in [-0.2, 0) is 0 Å². The van der Waals surface area contributed by atoms with Crippen LogP contribution >= 0.6 is 0 Å². The quantitative estimate of drug-likeness (QED) is 0.368. The smallest absolute Gasteiger partial charge is 0.0455 e. The van der Waals surface area contributed by atoms with Crippen molar-refractivity contribution in [3.8, 4) is 0 Å². The zero-order valence-electron chi connectivity index (χ0n) is 17.0. The van der Waals surface area contributed by atoms with E-state index in [0.29, 0.717) is 0 Å². The molecule has 0 bridgehead atoms. The highest BCUT2D eigenvalue weighted by atomic mass is 15.2. The predicted molar refractivity (Wildman–Crippen MR) is 119 cm³/mol. The third kappa shape index (κ3) is 7.85. The van der Waals surface area contributed by atoms with Crippen LogP contribution in [0.5, 0.6) is 0 Å². The summed E-state index contributed by atoms with van der Waals surface area (Å²) >= 11 is 0. The van der Waals surface area contributed by atoms with Crippen LogP contribution in [0.15, 0.2) is 121 Å². The Kier molecular flexibility index (Phi) is 12.0. The lowest BCUT2D eigenvalue weighted by atomic mass is 10.1. The van der Waals surface area contributed by atoms with Crippen molar-refractivity contribution in [2.24, 2.45) is 0 Å². The molecule has 1 nitrogen and oxygen atoms in total. The number of hydrogen-bond donors (Lipinski definition) is 0. The highest BCUT2D eigenvalue weighted by Gasteiger charge is 2.14. The lowest BCUT2D eigenvalue weighted by Gasteiger charge is -2.28. The molecule has 1 heteroatoms. The van der Waals surface area contributed by atoms with Gasteiger partial charge in [-0.2, -0.15) is 0 Å². The van der Waals surface area contributed by atoms with E-state index in [2.05, 4.69) is 61.9 Å². The molecule has 0 aliphatic carbocycles. The van der Waals surface area contributed by atoms with Gasteiger partial charge in [0.25, 0.3) is 0 Å². The molecule has 0 atom stereocenters. The monoisotopic (exact) mass is 347 g/mol. The molecule has 0 rings (SSSR count). The van der Waals surface area contributed by atoms with Crippen LogP contribution in [0.25, 0.3) is 0 Å². The van der Waals surface area contributed by atoms with E-state index < -0.39 is 0 Å². The van der Waals surface area contributed by atoms with Crippen molar-refractivity contribution in [3.63, 3.8) is 0 Å². The van der Waals surface area contributed by atoms with Gasteiger partial charge in [-0.3, -0.25) is 0 Å². The second kappa shape index (κ2) is 13.5. The lowest BCUT2D eigenvalue weighted by Crippen LogP contribution is -2.19. The molecule has 0 fully saturated rings. The molecule has 0 aliphatic rings. The summed E-state index contributed by atoms with van der Waals surface area (Å²) in [4.78, 5) is 2.18. The van der Waals surface area contributed by atoms with Crippen molar-refractivity contribution < 1.29 is 0 Å². The predicted octanol–water partition coefficient (Wildman–Crippen LogP) is 7.56. The highest BCUT2D eigenvalue weighted by molar-refractivity contribution is 5.42. The van der Waals surface area contributed by atoms with Crippen LogP contribution in [0.3, 0.4) is 0 Å². The summed E-state index contributed by atoms with van der Waals surface area (Å²) in [5.41, 5.74) is 5.37. The van der Waals surface area contributed by atoms with Crippen molar-refractivity contribution in [1.29, 1.82) is 0 Å². The van der Waals surface area contributed by atoms with Gasteiger partial charge in [0.15, 0.2) is 0 Å². The van der Waals surface area contributed by atoms with E-state index in [1.54, 1.807) is 6.08 Å². The minimum absolute atomic E-state index is 0.974. The molecule has 0 amide bonds. The van der Waals surface area contributed by atoms with Gasteiger partial charge in [0.1, 0.15) is 0 Å². The van der Waals surface area contributed by atoms with E-state index in [1.807, 2.05) is 64.2 Å². The summed E-state index contributed by atoms with van der Waals surface area (Å²) in [6.45, 7) is 21.8. The van der Waals surface area contributed by atoms with Crippen LogP contribution in [0.1, 0.15) is 34.6 Å². The number of rotatable bonds is 10. The van der Waals surface area contributed by atoms with E-state index in [1.165, 1.54) is 5.57 Å². The van der Waals surface area contributed by atoms with Gasteiger partial charge in [0.05, 0.1) is 0 Å². The molecular weight excluding hydrogens is 314 g/mol. The average Bonchev–Trinajstić information content (AvgIpc) is 2.64. The van der Waals surface area contributed by atoms with E-state index in [0.717, 1.165) is 22.7 Å². The third-order valence-electron chi connectivity index (χ3n) is 3.59. The number of nitrogens with zero attached hydrogens (tertiary/aromatic N) is 1.